The van der Waals surface area contributed by atoms with E-state index in [1.54, 1.807) is 0 Å². The van der Waals surface area contributed by atoms with Gasteiger partial charge >= 0.3 is 0 Å². The highest BCUT2D eigenvalue weighted by atomic mass is 16.5. The molecule has 19 heavy (non-hydrogen) atoms. The number of nitrogens with one attached hydrogen (secondary N) is 1. The number of ether oxygens (including phenoxy) is 1. The summed E-state index contributed by atoms with van der Waals surface area (Å²) in [4.78, 5) is 2.50. The predicted molar refractivity (Wildman–Crippen MR) is 76.2 cm³/mol. The third-order valence-electron chi connectivity index (χ3n) is 3.73. The van der Waals surface area contributed by atoms with E-state index in [-0.39, 0.29) is 6.10 Å². The van der Waals surface area contributed by atoms with Gasteiger partial charge in [-0.25, -0.2) is 0 Å². The van der Waals surface area contributed by atoms with Crippen molar-refractivity contribution in [2.45, 2.75) is 31.9 Å². The van der Waals surface area contributed by atoms with E-state index in [4.69, 9.17) is 4.74 Å². The third kappa shape index (κ3) is 4.03. The Bertz CT molecular complexity index is 377. The molecule has 5 heteroatoms. The lowest BCUT2D eigenvalue weighted by molar-refractivity contribution is -0.0452. The van der Waals surface area contributed by atoms with E-state index >= 15 is 0 Å². The van der Waals surface area contributed by atoms with Crippen molar-refractivity contribution in [3.8, 4) is 0 Å². The van der Waals surface area contributed by atoms with E-state index in [1.165, 1.54) is 13.0 Å². The van der Waals surface area contributed by atoms with Crippen LogP contribution in [-0.2, 0) is 18.2 Å². The standard InChI is InChI=1S/C14H26N4O/c1-4-6-18-8-9-19-14(11-18)13(15-2)10-12-5-7-17(3)16-12/h5,7,13-15H,4,6,8-11H2,1-3H3. The first kappa shape index (κ1) is 14.5. The first-order valence-electron chi connectivity index (χ1n) is 7.22. The number of hydrogen-bond acceptors (Lipinski definition) is 4. The van der Waals surface area contributed by atoms with E-state index < -0.39 is 0 Å². The Morgan fingerprint density at radius 1 is 1.58 bits per heavy atom. The predicted octanol–water partition coefficient (Wildman–Crippen LogP) is 0.661. The lowest BCUT2D eigenvalue weighted by Crippen LogP contribution is -2.52. The van der Waals surface area contributed by atoms with Crippen LogP contribution < -0.4 is 5.32 Å². The summed E-state index contributed by atoms with van der Waals surface area (Å²) in [6.07, 6.45) is 4.37. The molecule has 5 nitrogen and oxygen atoms in total. The largest absolute Gasteiger partial charge is 0.374 e. The van der Waals surface area contributed by atoms with Gasteiger partial charge in [-0.3, -0.25) is 9.58 Å². The second-order valence-corrected chi connectivity index (χ2v) is 5.29. The highest BCUT2D eigenvalue weighted by Gasteiger charge is 2.27. The van der Waals surface area contributed by atoms with Gasteiger partial charge in [0.05, 0.1) is 18.4 Å². The molecule has 0 radical (unpaired) electrons. The molecule has 108 valence electrons. The van der Waals surface area contributed by atoms with Gasteiger partial charge in [0.25, 0.3) is 0 Å². The molecule has 1 aromatic heterocycles. The van der Waals surface area contributed by atoms with Crippen LogP contribution in [-0.4, -0.2) is 60.1 Å². The second-order valence-electron chi connectivity index (χ2n) is 5.29. The molecule has 2 unspecified atom stereocenters. The van der Waals surface area contributed by atoms with Crippen molar-refractivity contribution >= 4 is 0 Å². The third-order valence-corrected chi connectivity index (χ3v) is 3.73. The molecule has 2 rings (SSSR count). The highest BCUT2D eigenvalue weighted by Crippen LogP contribution is 2.13. The summed E-state index contributed by atoms with van der Waals surface area (Å²) in [7, 11) is 3.97. The van der Waals surface area contributed by atoms with Crippen LogP contribution in [0.3, 0.4) is 0 Å². The van der Waals surface area contributed by atoms with Crippen molar-refractivity contribution in [3.63, 3.8) is 0 Å². The summed E-state index contributed by atoms with van der Waals surface area (Å²) < 4.78 is 7.80. The molecule has 2 heterocycles. The van der Waals surface area contributed by atoms with Gasteiger partial charge in [-0.05, 0) is 26.1 Å². The minimum Gasteiger partial charge on any atom is -0.374 e. The quantitative estimate of drug-likeness (QED) is 0.821. The summed E-state index contributed by atoms with van der Waals surface area (Å²) in [6.45, 7) is 6.31. The average molecular weight is 266 g/mol. The van der Waals surface area contributed by atoms with Crippen LogP contribution in [0.2, 0.25) is 0 Å². The Morgan fingerprint density at radius 2 is 2.42 bits per heavy atom. The topological polar surface area (TPSA) is 42.3 Å². The molecule has 1 aromatic rings. The molecule has 0 amide bonds. The molecule has 1 fully saturated rings. The van der Waals surface area contributed by atoms with Crippen molar-refractivity contribution in [2.75, 3.05) is 33.3 Å². The van der Waals surface area contributed by atoms with E-state index in [1.807, 2.05) is 25.0 Å². The molecule has 0 spiro atoms. The van der Waals surface area contributed by atoms with Crippen LogP contribution in [0.5, 0.6) is 0 Å². The maximum absolute atomic E-state index is 5.95. The fourth-order valence-corrected chi connectivity index (χ4v) is 2.71. The van der Waals surface area contributed by atoms with E-state index in [2.05, 4.69) is 28.3 Å². The van der Waals surface area contributed by atoms with Crippen molar-refractivity contribution in [1.82, 2.24) is 20.0 Å². The average Bonchev–Trinajstić information content (AvgIpc) is 2.82. The number of morpholine rings is 1. The Morgan fingerprint density at radius 3 is 3.05 bits per heavy atom. The smallest absolute Gasteiger partial charge is 0.0859 e. The molecule has 1 saturated heterocycles. The minimum atomic E-state index is 0.257. The fraction of sp³-hybridized carbons (Fsp3) is 0.786. The summed E-state index contributed by atoms with van der Waals surface area (Å²) in [5.41, 5.74) is 1.12. The molecule has 1 aliphatic heterocycles. The maximum Gasteiger partial charge on any atom is 0.0859 e. The zero-order valence-corrected chi connectivity index (χ0v) is 12.3. The first-order chi connectivity index (χ1) is 9.22. The summed E-state index contributed by atoms with van der Waals surface area (Å²) in [5.74, 6) is 0. The van der Waals surface area contributed by atoms with Crippen molar-refractivity contribution in [3.05, 3.63) is 18.0 Å². The Balaban J connectivity index is 1.92. The van der Waals surface area contributed by atoms with Gasteiger partial charge in [-0.1, -0.05) is 6.92 Å². The minimum absolute atomic E-state index is 0.257. The lowest BCUT2D eigenvalue weighted by Gasteiger charge is -2.36. The van der Waals surface area contributed by atoms with Gasteiger partial charge in [-0.2, -0.15) is 5.10 Å². The van der Waals surface area contributed by atoms with Gasteiger partial charge < -0.3 is 10.1 Å². The van der Waals surface area contributed by atoms with Gasteiger partial charge in [0.1, 0.15) is 0 Å². The second kappa shape index (κ2) is 7.03. The molecule has 0 aliphatic carbocycles. The maximum atomic E-state index is 5.95. The fourth-order valence-electron chi connectivity index (χ4n) is 2.71. The molecule has 2 atom stereocenters. The number of hydrogen-bond donors (Lipinski definition) is 1. The summed E-state index contributed by atoms with van der Waals surface area (Å²) in [6, 6.07) is 2.41. The molecule has 0 bridgehead atoms. The number of likely N-dealkylation sites (N-methyl/N-ethyl adjacent to an activating group) is 1. The molecular weight excluding hydrogens is 240 g/mol. The SMILES string of the molecule is CCCN1CCOC(C(Cc2ccn(C)n2)NC)C1. The number of rotatable bonds is 6. The molecule has 1 N–H and O–H groups in total. The van der Waals surface area contributed by atoms with Gasteiger partial charge in [0.2, 0.25) is 0 Å². The van der Waals surface area contributed by atoms with Crippen molar-refractivity contribution < 1.29 is 4.74 Å². The number of nitrogens with zero attached hydrogens (tertiary/aromatic N) is 3. The Labute approximate surface area is 115 Å². The molecular formula is C14H26N4O. The van der Waals surface area contributed by atoms with Crippen LogP contribution in [0.15, 0.2) is 12.3 Å². The van der Waals surface area contributed by atoms with Crippen molar-refractivity contribution in [2.24, 2.45) is 7.05 Å². The lowest BCUT2D eigenvalue weighted by atomic mass is 10.0. The van der Waals surface area contributed by atoms with Gasteiger partial charge in [-0.15, -0.1) is 0 Å². The Kier molecular flexibility index (Phi) is 5.36. The van der Waals surface area contributed by atoms with Crippen LogP contribution in [0, 0.1) is 0 Å². The molecule has 0 saturated carbocycles. The van der Waals surface area contributed by atoms with Crippen molar-refractivity contribution in [1.29, 1.82) is 0 Å². The van der Waals surface area contributed by atoms with Crippen LogP contribution in [0.25, 0.3) is 0 Å². The van der Waals surface area contributed by atoms with Crippen LogP contribution in [0.4, 0.5) is 0 Å². The van der Waals surface area contributed by atoms with E-state index in [0.29, 0.717) is 6.04 Å². The first-order valence-corrected chi connectivity index (χ1v) is 7.22. The summed E-state index contributed by atoms with van der Waals surface area (Å²) >= 11 is 0. The highest BCUT2D eigenvalue weighted by molar-refractivity contribution is 5.03. The molecule has 1 aliphatic rings. The van der Waals surface area contributed by atoms with E-state index in [0.717, 1.165) is 31.8 Å². The van der Waals surface area contributed by atoms with E-state index in [9.17, 15) is 0 Å². The van der Waals surface area contributed by atoms with Crippen LogP contribution >= 0.6 is 0 Å². The van der Waals surface area contributed by atoms with Gasteiger partial charge in [0, 0.05) is 38.8 Å². The number of aromatic nitrogens is 2. The Hall–Kier alpha value is -0.910. The normalized spacial score (nSPS) is 22.6. The number of aryl methyl sites for hydroxylation is 1. The molecule has 0 aromatic carbocycles. The monoisotopic (exact) mass is 266 g/mol. The van der Waals surface area contributed by atoms with Gasteiger partial charge in [0.15, 0.2) is 0 Å². The zero-order chi connectivity index (χ0) is 13.7. The zero-order valence-electron chi connectivity index (χ0n) is 12.3. The van der Waals surface area contributed by atoms with Crippen LogP contribution in [0.1, 0.15) is 19.0 Å². The summed E-state index contributed by atoms with van der Waals surface area (Å²) in [5, 5.41) is 7.85.